The van der Waals surface area contributed by atoms with E-state index in [1.54, 1.807) is 4.57 Å². The molecule has 0 saturated carbocycles. The second-order valence-electron chi connectivity index (χ2n) is 7.03. The molecule has 6 heteroatoms. The van der Waals surface area contributed by atoms with E-state index < -0.39 is 0 Å². The van der Waals surface area contributed by atoms with Crippen molar-refractivity contribution in [3.8, 4) is 0 Å². The molecule has 152 valence electrons. The van der Waals surface area contributed by atoms with E-state index in [0.29, 0.717) is 29.1 Å². The molecule has 5 nitrogen and oxygen atoms in total. The first-order chi connectivity index (χ1) is 14.0. The highest BCUT2D eigenvalue weighted by atomic mass is 32.2. The number of carbonyl (C=O) groups excluding carboxylic acids is 1. The van der Waals surface area contributed by atoms with Gasteiger partial charge < -0.3 is 4.90 Å². The van der Waals surface area contributed by atoms with E-state index in [0.717, 1.165) is 12.0 Å². The fourth-order valence-corrected chi connectivity index (χ4v) is 4.20. The Balaban J connectivity index is 1.83. The smallest absolute Gasteiger partial charge is 0.262 e. The Bertz CT molecular complexity index is 1030. The third-order valence-corrected chi connectivity index (χ3v) is 6.02. The van der Waals surface area contributed by atoms with Crippen molar-refractivity contribution in [2.24, 2.45) is 0 Å². The van der Waals surface area contributed by atoms with Crippen LogP contribution in [-0.4, -0.2) is 32.7 Å². The number of carbonyl (C=O) groups is 1. The zero-order valence-corrected chi connectivity index (χ0v) is 18.0. The Hall–Kier alpha value is -2.60. The number of para-hydroxylation sites is 1. The molecule has 29 heavy (non-hydrogen) atoms. The average Bonchev–Trinajstić information content (AvgIpc) is 2.76. The van der Waals surface area contributed by atoms with Gasteiger partial charge in [0.25, 0.3) is 5.56 Å². The van der Waals surface area contributed by atoms with Crippen LogP contribution in [0.25, 0.3) is 10.9 Å². The topological polar surface area (TPSA) is 55.2 Å². The molecule has 0 fully saturated rings. The van der Waals surface area contributed by atoms with Gasteiger partial charge in [-0.2, -0.15) is 0 Å². The number of hydrogen-bond donors (Lipinski definition) is 0. The van der Waals surface area contributed by atoms with Crippen molar-refractivity contribution < 1.29 is 4.79 Å². The first kappa shape index (κ1) is 21.1. The number of thioether (sulfide) groups is 1. The van der Waals surface area contributed by atoms with Crippen molar-refractivity contribution in [1.29, 1.82) is 0 Å². The number of amides is 1. The standard InChI is InChI=1S/C23H27N3O2S/c1-4-17(3)26-22(28)19-13-9-10-14-20(19)24-23(26)29-16-21(27)25(5-2)15-18-11-7-6-8-12-18/h6-14,17H,4-5,15-16H2,1-3H3/t17-/m0/s1. The molecule has 3 aromatic rings. The minimum absolute atomic E-state index is 0.0174. The van der Waals surface area contributed by atoms with Crippen LogP contribution in [0.2, 0.25) is 0 Å². The second kappa shape index (κ2) is 9.74. The molecule has 1 aromatic heterocycles. The predicted octanol–water partition coefficient (Wildman–Crippen LogP) is 4.51. The Morgan fingerprint density at radius 2 is 1.79 bits per heavy atom. The van der Waals surface area contributed by atoms with Gasteiger partial charge in [0.1, 0.15) is 0 Å². The van der Waals surface area contributed by atoms with Crippen LogP contribution in [0.4, 0.5) is 0 Å². The van der Waals surface area contributed by atoms with Gasteiger partial charge in [-0.1, -0.05) is 61.2 Å². The average molecular weight is 410 g/mol. The van der Waals surface area contributed by atoms with Gasteiger partial charge in [-0.05, 0) is 38.0 Å². The minimum atomic E-state index is -0.0449. The molecule has 0 spiro atoms. The molecule has 2 aromatic carbocycles. The van der Waals surface area contributed by atoms with Gasteiger partial charge in [-0.25, -0.2) is 4.98 Å². The van der Waals surface area contributed by atoms with Crippen LogP contribution in [0, 0.1) is 0 Å². The SMILES string of the molecule is CC[C@H](C)n1c(SCC(=O)N(CC)Cc2ccccc2)nc2ccccc2c1=O. The summed E-state index contributed by atoms with van der Waals surface area (Å²) >= 11 is 1.34. The lowest BCUT2D eigenvalue weighted by Gasteiger charge is -2.22. The molecular formula is C23H27N3O2S. The van der Waals surface area contributed by atoms with Crippen LogP contribution in [-0.2, 0) is 11.3 Å². The molecule has 1 heterocycles. The Morgan fingerprint density at radius 3 is 2.48 bits per heavy atom. The van der Waals surface area contributed by atoms with E-state index in [2.05, 4.69) is 0 Å². The number of fused-ring (bicyclic) bond motifs is 1. The maximum absolute atomic E-state index is 13.0. The molecule has 0 aliphatic carbocycles. The van der Waals surface area contributed by atoms with E-state index >= 15 is 0 Å². The number of hydrogen-bond acceptors (Lipinski definition) is 4. The lowest BCUT2D eigenvalue weighted by molar-refractivity contribution is -0.128. The van der Waals surface area contributed by atoms with Gasteiger partial charge in [0.2, 0.25) is 5.91 Å². The molecule has 0 radical (unpaired) electrons. The van der Waals surface area contributed by atoms with Crippen molar-refractivity contribution in [1.82, 2.24) is 14.5 Å². The molecular weight excluding hydrogens is 382 g/mol. The molecule has 3 rings (SSSR count). The monoisotopic (exact) mass is 409 g/mol. The number of rotatable bonds is 8. The van der Waals surface area contributed by atoms with Crippen LogP contribution in [0.15, 0.2) is 64.5 Å². The molecule has 1 amide bonds. The summed E-state index contributed by atoms with van der Waals surface area (Å²) in [6.07, 6.45) is 0.816. The van der Waals surface area contributed by atoms with Crippen molar-refractivity contribution in [2.45, 2.75) is 44.9 Å². The predicted molar refractivity (Wildman–Crippen MR) is 119 cm³/mol. The molecule has 0 bridgehead atoms. The van der Waals surface area contributed by atoms with Gasteiger partial charge >= 0.3 is 0 Å². The molecule has 0 aliphatic heterocycles. The van der Waals surface area contributed by atoms with Crippen molar-refractivity contribution >= 4 is 28.6 Å². The summed E-state index contributed by atoms with van der Waals surface area (Å²) in [4.78, 5) is 32.4. The Labute approximate surface area is 175 Å². The zero-order chi connectivity index (χ0) is 20.8. The summed E-state index contributed by atoms with van der Waals surface area (Å²) in [6.45, 7) is 7.26. The summed E-state index contributed by atoms with van der Waals surface area (Å²) in [5, 5.41) is 1.22. The van der Waals surface area contributed by atoms with Crippen LogP contribution in [0.1, 0.15) is 38.8 Å². The van der Waals surface area contributed by atoms with Crippen LogP contribution in [0.5, 0.6) is 0 Å². The quantitative estimate of drug-likeness (QED) is 0.406. The van der Waals surface area contributed by atoms with Gasteiger partial charge in [-0.15, -0.1) is 0 Å². The van der Waals surface area contributed by atoms with Gasteiger partial charge in [0.15, 0.2) is 5.16 Å². The summed E-state index contributed by atoms with van der Waals surface area (Å²) in [5.74, 6) is 0.293. The third kappa shape index (κ3) is 4.88. The number of nitrogens with zero attached hydrogens (tertiary/aromatic N) is 3. The molecule has 0 unspecified atom stereocenters. The van der Waals surface area contributed by atoms with E-state index in [4.69, 9.17) is 4.98 Å². The molecule has 1 atom stereocenters. The second-order valence-corrected chi connectivity index (χ2v) is 7.97. The van der Waals surface area contributed by atoms with Gasteiger partial charge in [0, 0.05) is 19.1 Å². The fraction of sp³-hybridized carbons (Fsp3) is 0.348. The van der Waals surface area contributed by atoms with Crippen LogP contribution in [0.3, 0.4) is 0 Å². The summed E-state index contributed by atoms with van der Waals surface area (Å²) in [7, 11) is 0. The van der Waals surface area contributed by atoms with Gasteiger partial charge in [0.05, 0.1) is 16.7 Å². The van der Waals surface area contributed by atoms with Crippen molar-refractivity contribution in [3.05, 3.63) is 70.5 Å². The van der Waals surface area contributed by atoms with Gasteiger partial charge in [-0.3, -0.25) is 14.2 Å². The highest BCUT2D eigenvalue weighted by Crippen LogP contribution is 2.23. The highest BCUT2D eigenvalue weighted by molar-refractivity contribution is 7.99. The molecule has 0 N–H and O–H groups in total. The van der Waals surface area contributed by atoms with E-state index in [9.17, 15) is 9.59 Å². The van der Waals surface area contributed by atoms with Crippen LogP contribution < -0.4 is 5.56 Å². The normalized spacial score (nSPS) is 12.1. The maximum Gasteiger partial charge on any atom is 0.262 e. The first-order valence-electron chi connectivity index (χ1n) is 10.0. The van der Waals surface area contributed by atoms with Crippen molar-refractivity contribution in [3.63, 3.8) is 0 Å². The number of benzene rings is 2. The first-order valence-corrected chi connectivity index (χ1v) is 11.0. The Morgan fingerprint density at radius 1 is 1.10 bits per heavy atom. The summed E-state index contributed by atoms with van der Waals surface area (Å²) in [6, 6.07) is 17.4. The van der Waals surface area contributed by atoms with E-state index in [-0.39, 0.29) is 23.3 Å². The summed E-state index contributed by atoms with van der Waals surface area (Å²) < 4.78 is 1.73. The lowest BCUT2D eigenvalue weighted by atomic mass is 10.2. The van der Waals surface area contributed by atoms with E-state index in [1.807, 2.05) is 80.3 Å². The highest BCUT2D eigenvalue weighted by Gasteiger charge is 2.18. The molecule has 0 aliphatic rings. The van der Waals surface area contributed by atoms with E-state index in [1.165, 1.54) is 11.8 Å². The third-order valence-electron chi connectivity index (χ3n) is 5.08. The van der Waals surface area contributed by atoms with Crippen LogP contribution >= 0.6 is 11.8 Å². The fourth-order valence-electron chi connectivity index (χ4n) is 3.20. The largest absolute Gasteiger partial charge is 0.338 e. The number of aromatic nitrogens is 2. The Kier molecular flexibility index (Phi) is 7.09. The lowest BCUT2D eigenvalue weighted by Crippen LogP contribution is -2.32. The molecule has 0 saturated heterocycles. The summed E-state index contributed by atoms with van der Waals surface area (Å²) in [5.41, 5.74) is 1.73. The minimum Gasteiger partial charge on any atom is -0.338 e. The zero-order valence-electron chi connectivity index (χ0n) is 17.2. The maximum atomic E-state index is 13.0. The van der Waals surface area contributed by atoms with Crippen molar-refractivity contribution in [2.75, 3.05) is 12.3 Å².